The molecule has 2 amide bonds. The number of hydrogen-bond donors (Lipinski definition) is 1. The van der Waals surface area contributed by atoms with Gasteiger partial charge in [-0.25, -0.2) is 0 Å². The Labute approximate surface area is 205 Å². The lowest BCUT2D eigenvalue weighted by Gasteiger charge is -2.28. The lowest BCUT2D eigenvalue weighted by molar-refractivity contribution is -0.122. The van der Waals surface area contributed by atoms with Gasteiger partial charge < -0.3 is 24.4 Å². The van der Waals surface area contributed by atoms with Crippen LogP contribution in [0.3, 0.4) is 0 Å². The lowest BCUT2D eigenvalue weighted by Crippen LogP contribution is -2.34. The number of ether oxygens (including phenoxy) is 3. The first-order valence-electron chi connectivity index (χ1n) is 11.6. The molecule has 3 aromatic rings. The highest BCUT2D eigenvalue weighted by atomic mass is 16.5. The first-order chi connectivity index (χ1) is 17.0. The van der Waals surface area contributed by atoms with Crippen LogP contribution in [0.25, 0.3) is 0 Å². The topological polar surface area (TPSA) is 77.1 Å². The summed E-state index contributed by atoms with van der Waals surface area (Å²) in [4.78, 5) is 28.1. The zero-order valence-corrected chi connectivity index (χ0v) is 20.2. The number of amides is 2. The van der Waals surface area contributed by atoms with E-state index in [0.29, 0.717) is 36.8 Å². The van der Waals surface area contributed by atoms with Crippen LogP contribution in [0.4, 0.5) is 0 Å². The number of fused-ring (bicyclic) bond motifs is 1. The van der Waals surface area contributed by atoms with E-state index in [1.165, 1.54) is 0 Å². The van der Waals surface area contributed by atoms with Crippen LogP contribution in [0.2, 0.25) is 0 Å². The van der Waals surface area contributed by atoms with Crippen molar-refractivity contribution in [2.24, 2.45) is 0 Å². The van der Waals surface area contributed by atoms with E-state index in [-0.39, 0.29) is 18.2 Å². The third kappa shape index (κ3) is 5.40. The zero-order valence-electron chi connectivity index (χ0n) is 20.2. The molecule has 1 unspecified atom stereocenters. The minimum atomic E-state index is -0.468. The average Bonchev–Trinajstić information content (AvgIpc) is 3.22. The molecule has 7 nitrogen and oxygen atoms in total. The van der Waals surface area contributed by atoms with Gasteiger partial charge in [0.15, 0.2) is 11.5 Å². The molecule has 1 heterocycles. The number of benzene rings is 3. The summed E-state index contributed by atoms with van der Waals surface area (Å²) in [6.07, 6.45) is 0.112. The highest BCUT2D eigenvalue weighted by Gasteiger charge is 2.34. The van der Waals surface area contributed by atoms with Crippen molar-refractivity contribution in [1.29, 1.82) is 0 Å². The summed E-state index contributed by atoms with van der Waals surface area (Å²) in [6.45, 7) is 3.22. The van der Waals surface area contributed by atoms with Crippen LogP contribution in [0.1, 0.15) is 46.4 Å². The van der Waals surface area contributed by atoms with E-state index in [1.807, 2.05) is 73.7 Å². The average molecular weight is 475 g/mol. The second-order valence-electron chi connectivity index (χ2n) is 8.28. The van der Waals surface area contributed by atoms with E-state index in [1.54, 1.807) is 19.1 Å². The standard InChI is InChI=1S/C28H30N2O5/c1-4-35-25-13-12-20(15-26(25)34-3)24(30-18-21-9-5-6-11-23(21)28(30)32)16-27(31)29-17-19-8-7-10-22(14-19)33-2/h5-15,24H,4,16-18H2,1-3H3,(H,29,31). The van der Waals surface area contributed by atoms with Crippen molar-refractivity contribution in [1.82, 2.24) is 10.2 Å². The molecule has 1 atom stereocenters. The van der Waals surface area contributed by atoms with E-state index in [2.05, 4.69) is 5.32 Å². The van der Waals surface area contributed by atoms with E-state index >= 15 is 0 Å². The molecule has 4 rings (SSSR count). The summed E-state index contributed by atoms with van der Waals surface area (Å²) in [6, 6.07) is 20.2. The largest absolute Gasteiger partial charge is 0.497 e. The molecule has 0 aliphatic carbocycles. The van der Waals surface area contributed by atoms with E-state index in [9.17, 15) is 9.59 Å². The number of rotatable bonds is 10. The molecule has 0 aromatic heterocycles. The molecule has 35 heavy (non-hydrogen) atoms. The van der Waals surface area contributed by atoms with Gasteiger partial charge in [0, 0.05) is 18.7 Å². The molecule has 0 radical (unpaired) electrons. The summed E-state index contributed by atoms with van der Waals surface area (Å²) in [5, 5.41) is 2.98. The Morgan fingerprint density at radius 3 is 2.57 bits per heavy atom. The number of carbonyl (C=O) groups is 2. The van der Waals surface area contributed by atoms with Crippen LogP contribution in [0, 0.1) is 0 Å². The van der Waals surface area contributed by atoms with Gasteiger partial charge >= 0.3 is 0 Å². The smallest absolute Gasteiger partial charge is 0.255 e. The number of hydrogen-bond acceptors (Lipinski definition) is 5. The van der Waals surface area contributed by atoms with Crippen LogP contribution >= 0.6 is 0 Å². The van der Waals surface area contributed by atoms with Crippen LogP contribution < -0.4 is 19.5 Å². The maximum Gasteiger partial charge on any atom is 0.255 e. The maximum atomic E-state index is 13.3. The molecule has 182 valence electrons. The van der Waals surface area contributed by atoms with Crippen LogP contribution in [0.5, 0.6) is 17.2 Å². The molecule has 1 aliphatic heterocycles. The zero-order chi connectivity index (χ0) is 24.8. The summed E-state index contributed by atoms with van der Waals surface area (Å²) < 4.78 is 16.4. The summed E-state index contributed by atoms with van der Waals surface area (Å²) in [5.74, 6) is 1.68. The maximum absolute atomic E-state index is 13.3. The quantitative estimate of drug-likeness (QED) is 0.468. The van der Waals surface area contributed by atoms with E-state index in [0.717, 1.165) is 22.4 Å². The highest BCUT2D eigenvalue weighted by molar-refractivity contribution is 5.98. The van der Waals surface area contributed by atoms with Gasteiger partial charge in [0.05, 0.1) is 33.3 Å². The van der Waals surface area contributed by atoms with Gasteiger partial charge in [0.25, 0.3) is 5.91 Å². The molecule has 3 aromatic carbocycles. The monoisotopic (exact) mass is 474 g/mol. The second-order valence-corrected chi connectivity index (χ2v) is 8.28. The fourth-order valence-electron chi connectivity index (χ4n) is 4.33. The van der Waals surface area contributed by atoms with Crippen LogP contribution in [-0.4, -0.2) is 37.5 Å². The van der Waals surface area contributed by atoms with Gasteiger partial charge in [-0.1, -0.05) is 36.4 Å². The Kier molecular flexibility index (Phi) is 7.55. The molecule has 0 fully saturated rings. The van der Waals surface area contributed by atoms with Gasteiger partial charge in [-0.15, -0.1) is 0 Å². The molecular weight excluding hydrogens is 444 g/mol. The lowest BCUT2D eigenvalue weighted by atomic mass is 10.0. The molecule has 1 aliphatic rings. The first-order valence-corrected chi connectivity index (χ1v) is 11.6. The predicted molar refractivity (Wildman–Crippen MR) is 133 cm³/mol. The number of nitrogens with zero attached hydrogens (tertiary/aromatic N) is 1. The van der Waals surface area contributed by atoms with Crippen molar-refractivity contribution in [2.75, 3.05) is 20.8 Å². The summed E-state index contributed by atoms with van der Waals surface area (Å²) >= 11 is 0. The minimum absolute atomic E-state index is 0.0842. The van der Waals surface area contributed by atoms with Crippen molar-refractivity contribution in [3.8, 4) is 17.2 Å². The van der Waals surface area contributed by atoms with E-state index < -0.39 is 6.04 Å². The number of nitrogens with one attached hydrogen (secondary N) is 1. The Balaban J connectivity index is 1.58. The van der Waals surface area contributed by atoms with E-state index in [4.69, 9.17) is 14.2 Å². The predicted octanol–water partition coefficient (Wildman–Crippen LogP) is 4.51. The van der Waals surface area contributed by atoms with Gasteiger partial charge in [0.1, 0.15) is 5.75 Å². The third-order valence-corrected chi connectivity index (χ3v) is 6.10. The van der Waals surface area contributed by atoms with Crippen LogP contribution in [0.15, 0.2) is 66.7 Å². The van der Waals surface area contributed by atoms with Crippen molar-refractivity contribution >= 4 is 11.8 Å². The third-order valence-electron chi connectivity index (χ3n) is 6.10. The minimum Gasteiger partial charge on any atom is -0.497 e. The van der Waals surface area contributed by atoms with Crippen molar-refractivity contribution in [3.63, 3.8) is 0 Å². The fourth-order valence-corrected chi connectivity index (χ4v) is 4.33. The molecule has 7 heteroatoms. The number of carbonyl (C=O) groups excluding carboxylic acids is 2. The van der Waals surface area contributed by atoms with Crippen molar-refractivity contribution in [2.45, 2.75) is 32.5 Å². The molecule has 0 saturated heterocycles. The van der Waals surface area contributed by atoms with Crippen molar-refractivity contribution < 1.29 is 23.8 Å². The highest BCUT2D eigenvalue weighted by Crippen LogP contribution is 2.37. The SMILES string of the molecule is CCOc1ccc(C(CC(=O)NCc2cccc(OC)c2)N2Cc3ccccc3C2=O)cc1OC. The van der Waals surface area contributed by atoms with Gasteiger partial charge in [0.2, 0.25) is 5.91 Å². The van der Waals surface area contributed by atoms with Crippen LogP contribution in [-0.2, 0) is 17.9 Å². The Morgan fingerprint density at radius 2 is 1.83 bits per heavy atom. The summed E-state index contributed by atoms with van der Waals surface area (Å²) in [7, 11) is 3.19. The number of methoxy groups -OCH3 is 2. The van der Waals surface area contributed by atoms with Gasteiger partial charge in [-0.2, -0.15) is 0 Å². The summed E-state index contributed by atoms with van der Waals surface area (Å²) in [5.41, 5.74) is 3.37. The molecule has 0 saturated carbocycles. The first kappa shape index (κ1) is 24.1. The molecule has 1 N–H and O–H groups in total. The normalized spacial score (nSPS) is 13.2. The van der Waals surface area contributed by atoms with Gasteiger partial charge in [-0.05, 0) is 53.9 Å². The molecule has 0 bridgehead atoms. The van der Waals surface area contributed by atoms with Crippen molar-refractivity contribution in [3.05, 3.63) is 89.0 Å². The molecular formula is C28H30N2O5. The fraction of sp³-hybridized carbons (Fsp3) is 0.286. The Hall–Kier alpha value is -4.00. The molecule has 0 spiro atoms. The van der Waals surface area contributed by atoms with Gasteiger partial charge in [-0.3, -0.25) is 9.59 Å². The second kappa shape index (κ2) is 11.0. The Morgan fingerprint density at radius 1 is 1.00 bits per heavy atom. The Bertz CT molecular complexity index is 1210.